The molecule has 1 atom stereocenters. The summed E-state index contributed by atoms with van der Waals surface area (Å²) >= 11 is 0. The molecule has 28 heavy (non-hydrogen) atoms. The Hall–Kier alpha value is -2.74. The highest BCUT2D eigenvalue weighted by molar-refractivity contribution is 7.92. The van der Waals surface area contributed by atoms with Crippen molar-refractivity contribution in [2.45, 2.75) is 26.8 Å². The lowest BCUT2D eigenvalue weighted by atomic mass is 10.1. The number of hydrogen-bond donors (Lipinski definition) is 2. The van der Waals surface area contributed by atoms with Gasteiger partial charge in [0.15, 0.2) is 11.5 Å². The molecule has 0 aromatic heterocycles. The molecule has 7 nitrogen and oxygen atoms in total. The average Bonchev–Trinajstić information content (AvgIpc) is 2.62. The average molecular weight is 407 g/mol. The first-order valence-electron chi connectivity index (χ1n) is 9.01. The summed E-state index contributed by atoms with van der Waals surface area (Å²) in [5, 5.41) is 2.93. The van der Waals surface area contributed by atoms with Crippen LogP contribution in [0.25, 0.3) is 0 Å². The smallest absolute Gasteiger partial charge is 0.251 e. The standard InChI is InChI=1S/C20H26N2O5S/c1-5-26-18-12-9-16(13-19(18)27-6-2)14(3)21-20(23)15-7-10-17(11-8-15)22-28(4,24)25/h7-14,22H,5-6H2,1-4H3,(H,21,23)/t14-/m1/s1. The van der Waals surface area contributed by atoms with E-state index in [1.807, 2.05) is 39.0 Å². The van der Waals surface area contributed by atoms with E-state index in [0.717, 1.165) is 11.8 Å². The molecule has 0 aliphatic carbocycles. The van der Waals surface area contributed by atoms with E-state index >= 15 is 0 Å². The Morgan fingerprint density at radius 2 is 1.61 bits per heavy atom. The van der Waals surface area contributed by atoms with Gasteiger partial charge in [-0.2, -0.15) is 0 Å². The molecular formula is C20H26N2O5S. The second-order valence-electron chi connectivity index (χ2n) is 6.22. The lowest BCUT2D eigenvalue weighted by Gasteiger charge is -2.17. The van der Waals surface area contributed by atoms with Crippen LogP contribution in [-0.4, -0.2) is 33.8 Å². The summed E-state index contributed by atoms with van der Waals surface area (Å²) in [5.74, 6) is 1.05. The van der Waals surface area contributed by atoms with Gasteiger partial charge in [0.05, 0.1) is 25.5 Å². The summed E-state index contributed by atoms with van der Waals surface area (Å²) in [5.41, 5.74) is 1.72. The topological polar surface area (TPSA) is 93.7 Å². The number of ether oxygens (including phenoxy) is 2. The Labute approximate surface area is 166 Å². The van der Waals surface area contributed by atoms with E-state index in [-0.39, 0.29) is 11.9 Å². The zero-order chi connectivity index (χ0) is 20.7. The van der Waals surface area contributed by atoms with Gasteiger partial charge >= 0.3 is 0 Å². The van der Waals surface area contributed by atoms with E-state index < -0.39 is 10.0 Å². The largest absolute Gasteiger partial charge is 0.490 e. The molecule has 2 N–H and O–H groups in total. The van der Waals surface area contributed by atoms with Crippen molar-refractivity contribution in [1.82, 2.24) is 5.32 Å². The van der Waals surface area contributed by atoms with E-state index in [2.05, 4.69) is 10.0 Å². The number of rotatable bonds is 9. The van der Waals surface area contributed by atoms with Crippen molar-refractivity contribution in [3.63, 3.8) is 0 Å². The molecule has 0 fully saturated rings. The third-order valence-corrected chi connectivity index (χ3v) is 4.47. The molecule has 0 heterocycles. The lowest BCUT2D eigenvalue weighted by molar-refractivity contribution is 0.0940. The predicted octanol–water partition coefficient (Wildman–Crippen LogP) is 3.35. The zero-order valence-electron chi connectivity index (χ0n) is 16.5. The molecule has 0 radical (unpaired) electrons. The van der Waals surface area contributed by atoms with E-state index in [9.17, 15) is 13.2 Å². The molecule has 2 aromatic carbocycles. The van der Waals surface area contributed by atoms with Crippen molar-refractivity contribution in [2.75, 3.05) is 24.2 Å². The van der Waals surface area contributed by atoms with Crippen LogP contribution in [0.15, 0.2) is 42.5 Å². The molecule has 0 saturated heterocycles. The van der Waals surface area contributed by atoms with Gasteiger partial charge < -0.3 is 14.8 Å². The first kappa shape index (κ1) is 21.6. The molecule has 0 saturated carbocycles. The van der Waals surface area contributed by atoms with E-state index in [4.69, 9.17) is 9.47 Å². The van der Waals surface area contributed by atoms with Gasteiger partial charge in [-0.25, -0.2) is 8.42 Å². The Balaban J connectivity index is 2.10. The summed E-state index contributed by atoms with van der Waals surface area (Å²) < 4.78 is 36.1. The molecule has 8 heteroatoms. The van der Waals surface area contributed by atoms with Crippen LogP contribution in [0.1, 0.15) is 42.7 Å². The SMILES string of the molecule is CCOc1ccc([C@@H](C)NC(=O)c2ccc(NS(C)(=O)=O)cc2)cc1OCC. The molecule has 152 valence electrons. The summed E-state index contributed by atoms with van der Waals surface area (Å²) in [7, 11) is -3.35. The van der Waals surface area contributed by atoms with Crippen molar-refractivity contribution < 1.29 is 22.7 Å². The zero-order valence-corrected chi connectivity index (χ0v) is 17.3. The Bertz CT molecular complexity index is 911. The Morgan fingerprint density at radius 1 is 1.00 bits per heavy atom. The number of hydrogen-bond acceptors (Lipinski definition) is 5. The maximum atomic E-state index is 12.5. The van der Waals surface area contributed by atoms with Crippen LogP contribution in [0, 0.1) is 0 Å². The third-order valence-electron chi connectivity index (χ3n) is 3.87. The van der Waals surface area contributed by atoms with E-state index in [0.29, 0.717) is 36.0 Å². The van der Waals surface area contributed by atoms with E-state index in [1.165, 1.54) is 0 Å². The third kappa shape index (κ3) is 6.16. The molecule has 0 aliphatic heterocycles. The lowest BCUT2D eigenvalue weighted by Crippen LogP contribution is -2.26. The van der Waals surface area contributed by atoms with Gasteiger partial charge in [0.25, 0.3) is 5.91 Å². The van der Waals surface area contributed by atoms with Gasteiger partial charge in [-0.1, -0.05) is 6.07 Å². The number of sulfonamides is 1. The highest BCUT2D eigenvalue weighted by Crippen LogP contribution is 2.30. The summed E-state index contributed by atoms with van der Waals surface area (Å²) in [6.45, 7) is 6.73. The first-order valence-corrected chi connectivity index (χ1v) is 10.9. The molecule has 0 unspecified atom stereocenters. The van der Waals surface area contributed by atoms with Crippen LogP contribution in [-0.2, 0) is 10.0 Å². The van der Waals surface area contributed by atoms with Crippen LogP contribution in [0.2, 0.25) is 0 Å². The monoisotopic (exact) mass is 406 g/mol. The fourth-order valence-corrected chi connectivity index (χ4v) is 3.17. The van der Waals surface area contributed by atoms with E-state index in [1.54, 1.807) is 24.3 Å². The second kappa shape index (κ2) is 9.45. The molecule has 0 spiro atoms. The van der Waals surface area contributed by atoms with Crippen LogP contribution in [0.3, 0.4) is 0 Å². The maximum Gasteiger partial charge on any atom is 0.251 e. The van der Waals surface area contributed by atoms with Gasteiger partial charge in [-0.15, -0.1) is 0 Å². The summed E-state index contributed by atoms with van der Waals surface area (Å²) in [6.07, 6.45) is 1.07. The van der Waals surface area contributed by atoms with Crippen molar-refractivity contribution in [3.05, 3.63) is 53.6 Å². The van der Waals surface area contributed by atoms with Crippen molar-refractivity contribution >= 4 is 21.6 Å². The Kier molecular flexibility index (Phi) is 7.28. The molecule has 2 aromatic rings. The van der Waals surface area contributed by atoms with Crippen LogP contribution in [0.4, 0.5) is 5.69 Å². The molecule has 0 aliphatic rings. The van der Waals surface area contributed by atoms with Crippen molar-refractivity contribution in [1.29, 1.82) is 0 Å². The number of carbonyl (C=O) groups is 1. The molecule has 1 amide bonds. The van der Waals surface area contributed by atoms with Gasteiger partial charge in [0.1, 0.15) is 0 Å². The Morgan fingerprint density at radius 3 is 2.18 bits per heavy atom. The molecular weight excluding hydrogens is 380 g/mol. The van der Waals surface area contributed by atoms with Gasteiger partial charge in [0.2, 0.25) is 10.0 Å². The minimum Gasteiger partial charge on any atom is -0.490 e. The maximum absolute atomic E-state index is 12.5. The number of nitrogens with one attached hydrogen (secondary N) is 2. The number of anilines is 1. The van der Waals surface area contributed by atoms with Crippen LogP contribution in [0.5, 0.6) is 11.5 Å². The summed E-state index contributed by atoms with van der Waals surface area (Å²) in [4.78, 5) is 12.5. The fourth-order valence-electron chi connectivity index (χ4n) is 2.60. The second-order valence-corrected chi connectivity index (χ2v) is 7.97. The fraction of sp³-hybridized carbons (Fsp3) is 0.350. The van der Waals surface area contributed by atoms with Crippen LogP contribution < -0.4 is 19.5 Å². The molecule has 2 rings (SSSR count). The number of amides is 1. The minimum absolute atomic E-state index is 0.254. The minimum atomic E-state index is -3.35. The van der Waals surface area contributed by atoms with Crippen molar-refractivity contribution in [2.24, 2.45) is 0 Å². The first-order chi connectivity index (χ1) is 13.2. The number of carbonyl (C=O) groups excluding carboxylic acids is 1. The summed E-state index contributed by atoms with van der Waals surface area (Å²) in [6, 6.07) is 11.6. The quantitative estimate of drug-likeness (QED) is 0.666. The van der Waals surface area contributed by atoms with Crippen molar-refractivity contribution in [3.8, 4) is 11.5 Å². The highest BCUT2D eigenvalue weighted by Gasteiger charge is 2.14. The predicted molar refractivity (Wildman–Crippen MR) is 110 cm³/mol. The normalized spacial score (nSPS) is 12.1. The van der Waals surface area contributed by atoms with Crippen LogP contribution >= 0.6 is 0 Å². The van der Waals surface area contributed by atoms with Gasteiger partial charge in [-0.05, 0) is 62.7 Å². The highest BCUT2D eigenvalue weighted by atomic mass is 32.2. The van der Waals surface area contributed by atoms with Gasteiger partial charge in [0, 0.05) is 11.3 Å². The number of benzene rings is 2. The van der Waals surface area contributed by atoms with Gasteiger partial charge in [-0.3, -0.25) is 9.52 Å². The molecule has 0 bridgehead atoms.